The minimum atomic E-state index is -0.525. The second kappa shape index (κ2) is 8.79. The molecule has 0 amide bonds. The number of nitrogens with one attached hydrogen (secondary N) is 2. The van der Waals surface area contributed by atoms with Crippen LogP contribution in [0.15, 0.2) is 49.1 Å². The van der Waals surface area contributed by atoms with Crippen molar-refractivity contribution in [2.24, 2.45) is 0 Å². The molecule has 5 rings (SSSR count). The standard InChI is InChI=1S/C24H21F2N7S/c1-12(2)31-14-7-13(9-28-10-14)22-21(26)15(16(27)11-30-22)8-20-32-17-5-6-29-24(23(17)33-20)18-3-4-19(25)34-18/h3-7,9-12,31H,8,27H2,1-2H3,(H,32,33). The first kappa shape index (κ1) is 21.9. The Morgan fingerprint density at radius 2 is 1.94 bits per heavy atom. The molecular weight excluding hydrogens is 456 g/mol. The lowest BCUT2D eigenvalue weighted by Gasteiger charge is -2.12. The second-order valence-electron chi connectivity index (χ2n) is 8.14. The lowest BCUT2D eigenvalue weighted by Crippen LogP contribution is -2.10. The Morgan fingerprint density at radius 1 is 1.09 bits per heavy atom. The van der Waals surface area contributed by atoms with Crippen LogP contribution in [0.1, 0.15) is 25.2 Å². The summed E-state index contributed by atoms with van der Waals surface area (Å²) in [5.41, 5.74) is 9.97. The Balaban J connectivity index is 1.52. The topological polar surface area (TPSA) is 105 Å². The maximum absolute atomic E-state index is 15.6. The van der Waals surface area contributed by atoms with Crippen LogP contribution < -0.4 is 11.1 Å². The van der Waals surface area contributed by atoms with E-state index in [0.29, 0.717) is 27.5 Å². The quantitative estimate of drug-likeness (QED) is 0.302. The van der Waals surface area contributed by atoms with Gasteiger partial charge in [-0.2, -0.15) is 4.39 Å². The summed E-state index contributed by atoms with van der Waals surface area (Å²) >= 11 is 0.996. The van der Waals surface area contributed by atoms with Crippen LogP contribution >= 0.6 is 11.3 Å². The van der Waals surface area contributed by atoms with E-state index in [1.54, 1.807) is 36.8 Å². The normalized spacial score (nSPS) is 11.4. The van der Waals surface area contributed by atoms with Crippen LogP contribution in [-0.2, 0) is 6.42 Å². The number of imidazole rings is 1. The number of hydrogen-bond donors (Lipinski definition) is 3. The van der Waals surface area contributed by atoms with E-state index in [9.17, 15) is 4.39 Å². The van der Waals surface area contributed by atoms with Crippen LogP contribution in [0.4, 0.5) is 20.2 Å². The molecule has 0 saturated heterocycles. The summed E-state index contributed by atoms with van der Waals surface area (Å²) in [4.78, 5) is 21.3. The highest BCUT2D eigenvalue weighted by atomic mass is 32.1. The van der Waals surface area contributed by atoms with E-state index in [-0.39, 0.29) is 34.5 Å². The monoisotopic (exact) mass is 477 g/mol. The van der Waals surface area contributed by atoms with Crippen LogP contribution in [0.2, 0.25) is 0 Å². The van der Waals surface area contributed by atoms with Crippen molar-refractivity contribution in [3.8, 4) is 21.8 Å². The zero-order valence-electron chi connectivity index (χ0n) is 18.4. The number of anilines is 2. The van der Waals surface area contributed by atoms with E-state index in [4.69, 9.17) is 5.73 Å². The largest absolute Gasteiger partial charge is 0.397 e. The van der Waals surface area contributed by atoms with Gasteiger partial charge in [-0.3, -0.25) is 15.0 Å². The van der Waals surface area contributed by atoms with Crippen molar-refractivity contribution < 1.29 is 8.78 Å². The fourth-order valence-electron chi connectivity index (χ4n) is 3.76. The predicted molar refractivity (Wildman–Crippen MR) is 131 cm³/mol. The average molecular weight is 478 g/mol. The SMILES string of the molecule is CC(C)Nc1cncc(-c2ncc(N)c(Cc3nc4c(-c5ccc(F)s5)nccc4[nH]3)c2F)c1. The van der Waals surface area contributed by atoms with E-state index >= 15 is 4.39 Å². The molecule has 10 heteroatoms. The predicted octanol–water partition coefficient (Wildman–Crippen LogP) is 5.41. The molecule has 0 atom stereocenters. The number of nitrogen functional groups attached to an aromatic ring is 1. The number of nitrogens with two attached hydrogens (primary N) is 1. The molecule has 7 nitrogen and oxygen atoms in total. The van der Waals surface area contributed by atoms with Crippen LogP contribution in [0.25, 0.3) is 32.9 Å². The summed E-state index contributed by atoms with van der Waals surface area (Å²) in [7, 11) is 0. The van der Waals surface area contributed by atoms with Crippen molar-refractivity contribution in [2.45, 2.75) is 26.3 Å². The van der Waals surface area contributed by atoms with Gasteiger partial charge in [-0.25, -0.2) is 9.37 Å². The highest BCUT2D eigenvalue weighted by molar-refractivity contribution is 7.13. The molecule has 0 aliphatic rings. The molecule has 34 heavy (non-hydrogen) atoms. The first-order valence-electron chi connectivity index (χ1n) is 10.6. The van der Waals surface area contributed by atoms with Gasteiger partial charge in [-0.15, -0.1) is 11.3 Å². The average Bonchev–Trinajstić information content (AvgIpc) is 3.42. The van der Waals surface area contributed by atoms with Gasteiger partial charge in [0.25, 0.3) is 0 Å². The number of nitrogens with zero attached hydrogens (tertiary/aromatic N) is 4. The first-order chi connectivity index (χ1) is 16.4. The number of pyridine rings is 3. The summed E-state index contributed by atoms with van der Waals surface area (Å²) in [5, 5.41) is 2.95. The van der Waals surface area contributed by atoms with Crippen LogP contribution in [-0.4, -0.2) is 31.0 Å². The van der Waals surface area contributed by atoms with Crippen molar-refractivity contribution in [1.29, 1.82) is 0 Å². The maximum Gasteiger partial charge on any atom is 0.177 e. The molecule has 0 aromatic carbocycles. The molecular formula is C24H21F2N7S. The summed E-state index contributed by atoms with van der Waals surface area (Å²) in [5.74, 6) is -0.0139. The molecule has 0 spiro atoms. The number of rotatable bonds is 6. The Hall–Kier alpha value is -3.92. The van der Waals surface area contributed by atoms with Crippen molar-refractivity contribution >= 4 is 33.7 Å². The summed E-state index contributed by atoms with van der Waals surface area (Å²) in [6.07, 6.45) is 6.44. The smallest absolute Gasteiger partial charge is 0.177 e. The second-order valence-corrected chi connectivity index (χ2v) is 9.17. The van der Waals surface area contributed by atoms with Gasteiger partial charge in [0.15, 0.2) is 10.9 Å². The van der Waals surface area contributed by atoms with E-state index in [1.165, 1.54) is 12.3 Å². The lowest BCUT2D eigenvalue weighted by molar-refractivity contribution is 0.611. The minimum absolute atomic E-state index is 0.122. The molecule has 5 heterocycles. The summed E-state index contributed by atoms with van der Waals surface area (Å²) < 4.78 is 29.2. The van der Waals surface area contributed by atoms with E-state index in [0.717, 1.165) is 22.5 Å². The van der Waals surface area contributed by atoms with Gasteiger partial charge in [0, 0.05) is 42.2 Å². The molecule has 0 aliphatic carbocycles. The molecule has 0 unspecified atom stereocenters. The Morgan fingerprint density at radius 3 is 2.71 bits per heavy atom. The highest BCUT2D eigenvalue weighted by Crippen LogP contribution is 2.32. The van der Waals surface area contributed by atoms with Gasteiger partial charge >= 0.3 is 0 Å². The molecule has 4 N–H and O–H groups in total. The number of aromatic nitrogens is 5. The summed E-state index contributed by atoms with van der Waals surface area (Å²) in [6, 6.07) is 6.84. The molecule has 172 valence electrons. The third kappa shape index (κ3) is 4.19. The molecule has 5 aromatic rings. The van der Waals surface area contributed by atoms with Crippen LogP contribution in [0.3, 0.4) is 0 Å². The number of halogens is 2. The minimum Gasteiger partial charge on any atom is -0.397 e. The number of H-pyrrole nitrogens is 1. The Kier molecular flexibility index (Phi) is 5.66. The van der Waals surface area contributed by atoms with Gasteiger partial charge in [0.05, 0.1) is 28.0 Å². The molecule has 0 aliphatic heterocycles. The van der Waals surface area contributed by atoms with Gasteiger partial charge < -0.3 is 16.0 Å². The zero-order chi connectivity index (χ0) is 23.8. The lowest BCUT2D eigenvalue weighted by atomic mass is 10.1. The number of thiophene rings is 1. The summed E-state index contributed by atoms with van der Waals surface area (Å²) in [6.45, 7) is 4.02. The first-order valence-corrected chi connectivity index (χ1v) is 11.4. The molecule has 0 bridgehead atoms. The molecule has 0 radical (unpaired) electrons. The number of fused-ring (bicyclic) bond motifs is 1. The molecule has 5 aromatic heterocycles. The van der Waals surface area contributed by atoms with E-state index < -0.39 is 5.82 Å². The van der Waals surface area contributed by atoms with Gasteiger partial charge in [0.1, 0.15) is 22.7 Å². The number of hydrogen-bond acceptors (Lipinski definition) is 7. The fourth-order valence-corrected chi connectivity index (χ4v) is 4.49. The Bertz CT molecular complexity index is 1490. The van der Waals surface area contributed by atoms with Crippen molar-refractivity contribution in [3.05, 3.63) is 71.4 Å². The van der Waals surface area contributed by atoms with E-state index in [2.05, 4.69) is 30.2 Å². The zero-order valence-corrected chi connectivity index (χ0v) is 19.3. The van der Waals surface area contributed by atoms with Crippen LogP contribution in [0.5, 0.6) is 0 Å². The Labute approximate surface area is 198 Å². The van der Waals surface area contributed by atoms with Crippen LogP contribution in [0, 0.1) is 10.9 Å². The number of aromatic amines is 1. The molecule has 0 saturated carbocycles. The highest BCUT2D eigenvalue weighted by Gasteiger charge is 2.19. The van der Waals surface area contributed by atoms with E-state index in [1.807, 2.05) is 13.8 Å². The van der Waals surface area contributed by atoms with Gasteiger partial charge in [0.2, 0.25) is 0 Å². The van der Waals surface area contributed by atoms with Gasteiger partial charge in [-0.1, -0.05) is 0 Å². The third-order valence-electron chi connectivity index (χ3n) is 5.22. The fraction of sp³-hybridized carbons (Fsp3) is 0.167. The maximum atomic E-state index is 15.6. The van der Waals surface area contributed by atoms with Crippen molar-refractivity contribution in [1.82, 2.24) is 24.9 Å². The molecule has 0 fully saturated rings. The third-order valence-corrected chi connectivity index (χ3v) is 6.10. The van der Waals surface area contributed by atoms with Crippen molar-refractivity contribution in [3.63, 3.8) is 0 Å². The van der Waals surface area contributed by atoms with Crippen molar-refractivity contribution in [2.75, 3.05) is 11.1 Å². The van der Waals surface area contributed by atoms with Gasteiger partial charge in [-0.05, 0) is 38.1 Å².